The Morgan fingerprint density at radius 3 is 2.56 bits per heavy atom. The zero-order valence-corrected chi connectivity index (χ0v) is 11.2. The molecule has 0 aliphatic heterocycles. The number of rotatable bonds is 2. The van der Waals surface area contributed by atoms with Crippen LogP contribution in [0.15, 0.2) is 30.5 Å². The quantitative estimate of drug-likeness (QED) is 0.847. The number of hydrogen-bond donors (Lipinski definition) is 1. The summed E-state index contributed by atoms with van der Waals surface area (Å²) in [6.07, 6.45) is 7.45. The molecule has 1 aliphatic rings. The van der Waals surface area contributed by atoms with Gasteiger partial charge in [-0.15, -0.1) is 0 Å². The minimum atomic E-state index is -0.776. The minimum Gasteiger partial charge on any atom is -0.386 e. The van der Waals surface area contributed by atoms with Crippen LogP contribution in [0, 0.1) is 0 Å². The van der Waals surface area contributed by atoms with Gasteiger partial charge in [-0.2, -0.15) is 0 Å². The molecule has 2 heteroatoms. The topological polar surface area (TPSA) is 25.2 Å². The van der Waals surface area contributed by atoms with E-state index in [0.717, 1.165) is 5.56 Å². The fourth-order valence-electron chi connectivity index (χ4n) is 3.22. The first kappa shape index (κ1) is 11.8. The van der Waals surface area contributed by atoms with Crippen LogP contribution in [0.25, 0.3) is 10.9 Å². The molecule has 0 amide bonds. The van der Waals surface area contributed by atoms with E-state index in [1.807, 2.05) is 19.9 Å². The molecule has 0 atom stereocenters. The van der Waals surface area contributed by atoms with Gasteiger partial charge in [-0.25, -0.2) is 0 Å². The van der Waals surface area contributed by atoms with E-state index in [1.54, 1.807) is 0 Å². The lowest BCUT2D eigenvalue weighted by Crippen LogP contribution is -2.15. The van der Waals surface area contributed by atoms with E-state index in [2.05, 4.69) is 29.0 Å². The van der Waals surface area contributed by atoms with Crippen molar-refractivity contribution in [2.24, 2.45) is 0 Å². The molecule has 1 saturated carbocycles. The maximum absolute atomic E-state index is 10.3. The molecule has 2 nitrogen and oxygen atoms in total. The lowest BCUT2D eigenvalue weighted by atomic mass is 9.95. The van der Waals surface area contributed by atoms with E-state index in [4.69, 9.17) is 0 Å². The van der Waals surface area contributed by atoms with Crippen LogP contribution >= 0.6 is 0 Å². The smallest absolute Gasteiger partial charge is 0.0847 e. The summed E-state index contributed by atoms with van der Waals surface area (Å²) >= 11 is 0. The van der Waals surface area contributed by atoms with Crippen LogP contribution in [0.3, 0.4) is 0 Å². The SMILES string of the molecule is CC(C)(O)c1cccc2c1ccn2C1CCCC1. The Morgan fingerprint density at radius 2 is 1.89 bits per heavy atom. The molecule has 1 aliphatic carbocycles. The molecule has 0 unspecified atom stereocenters. The molecule has 1 heterocycles. The van der Waals surface area contributed by atoms with Gasteiger partial charge in [0.2, 0.25) is 0 Å². The van der Waals surface area contributed by atoms with Gasteiger partial charge in [0.25, 0.3) is 0 Å². The summed E-state index contributed by atoms with van der Waals surface area (Å²) in [7, 11) is 0. The largest absolute Gasteiger partial charge is 0.386 e. The van der Waals surface area contributed by atoms with Crippen molar-refractivity contribution in [1.29, 1.82) is 0 Å². The van der Waals surface area contributed by atoms with Gasteiger partial charge in [0.1, 0.15) is 0 Å². The third kappa shape index (κ3) is 1.85. The summed E-state index contributed by atoms with van der Waals surface area (Å²) < 4.78 is 2.40. The standard InChI is InChI=1S/C16H21NO/c1-16(2,18)14-8-5-9-15-13(14)10-11-17(15)12-6-3-4-7-12/h5,8-12,18H,3-4,6-7H2,1-2H3. The van der Waals surface area contributed by atoms with Crippen molar-refractivity contribution < 1.29 is 5.11 Å². The van der Waals surface area contributed by atoms with E-state index in [9.17, 15) is 5.11 Å². The van der Waals surface area contributed by atoms with Crippen molar-refractivity contribution in [1.82, 2.24) is 4.57 Å². The Hall–Kier alpha value is -1.28. The zero-order valence-electron chi connectivity index (χ0n) is 11.2. The summed E-state index contributed by atoms with van der Waals surface area (Å²) in [4.78, 5) is 0. The molecule has 3 rings (SSSR count). The second kappa shape index (κ2) is 4.13. The predicted octanol–water partition coefficient (Wildman–Crippen LogP) is 3.98. The summed E-state index contributed by atoms with van der Waals surface area (Å²) in [6.45, 7) is 3.71. The maximum atomic E-state index is 10.3. The fourth-order valence-corrected chi connectivity index (χ4v) is 3.22. The molecule has 1 aromatic carbocycles. The van der Waals surface area contributed by atoms with E-state index in [1.165, 1.54) is 36.6 Å². The molecule has 0 saturated heterocycles. The van der Waals surface area contributed by atoms with Gasteiger partial charge in [-0.1, -0.05) is 25.0 Å². The number of aromatic nitrogens is 1. The monoisotopic (exact) mass is 243 g/mol. The van der Waals surface area contributed by atoms with Crippen molar-refractivity contribution >= 4 is 10.9 Å². The van der Waals surface area contributed by atoms with Gasteiger partial charge in [-0.3, -0.25) is 0 Å². The van der Waals surface area contributed by atoms with Gasteiger partial charge < -0.3 is 9.67 Å². The second-order valence-electron chi connectivity index (χ2n) is 5.96. The lowest BCUT2D eigenvalue weighted by molar-refractivity contribution is 0.0802. The average molecular weight is 243 g/mol. The lowest BCUT2D eigenvalue weighted by Gasteiger charge is -2.20. The summed E-state index contributed by atoms with van der Waals surface area (Å²) in [5, 5.41) is 11.4. The highest BCUT2D eigenvalue weighted by atomic mass is 16.3. The van der Waals surface area contributed by atoms with Gasteiger partial charge >= 0.3 is 0 Å². The third-order valence-corrected chi connectivity index (χ3v) is 4.14. The number of nitrogens with zero attached hydrogens (tertiary/aromatic N) is 1. The van der Waals surface area contributed by atoms with E-state index < -0.39 is 5.60 Å². The first-order valence-corrected chi connectivity index (χ1v) is 6.90. The van der Waals surface area contributed by atoms with Crippen LogP contribution in [0.1, 0.15) is 51.1 Å². The zero-order chi connectivity index (χ0) is 12.8. The highest BCUT2D eigenvalue weighted by molar-refractivity contribution is 5.84. The van der Waals surface area contributed by atoms with Gasteiger partial charge in [0, 0.05) is 23.1 Å². The molecule has 2 aromatic rings. The normalized spacial score (nSPS) is 17.7. The van der Waals surface area contributed by atoms with Crippen molar-refractivity contribution in [3.63, 3.8) is 0 Å². The first-order chi connectivity index (χ1) is 8.57. The number of fused-ring (bicyclic) bond motifs is 1. The number of benzene rings is 1. The Morgan fingerprint density at radius 1 is 1.17 bits per heavy atom. The van der Waals surface area contributed by atoms with Gasteiger partial charge in [-0.05, 0) is 44.4 Å². The third-order valence-electron chi connectivity index (χ3n) is 4.14. The van der Waals surface area contributed by atoms with Gasteiger partial charge in [0.05, 0.1) is 5.60 Å². The molecule has 0 bridgehead atoms. The van der Waals surface area contributed by atoms with E-state index >= 15 is 0 Å². The Labute approximate surface area is 108 Å². The number of aliphatic hydroxyl groups is 1. The summed E-state index contributed by atoms with van der Waals surface area (Å²) in [6, 6.07) is 9.06. The molecule has 0 radical (unpaired) electrons. The predicted molar refractivity (Wildman–Crippen MR) is 74.7 cm³/mol. The highest BCUT2D eigenvalue weighted by Crippen LogP contribution is 2.35. The van der Waals surface area contributed by atoms with Crippen LogP contribution in [0.5, 0.6) is 0 Å². The molecule has 1 fully saturated rings. The Bertz CT molecular complexity index is 556. The van der Waals surface area contributed by atoms with E-state index in [0.29, 0.717) is 6.04 Å². The molecule has 1 aromatic heterocycles. The average Bonchev–Trinajstić information content (AvgIpc) is 2.95. The van der Waals surface area contributed by atoms with Crippen LogP contribution in [-0.2, 0) is 5.60 Å². The van der Waals surface area contributed by atoms with Crippen LogP contribution in [-0.4, -0.2) is 9.67 Å². The van der Waals surface area contributed by atoms with E-state index in [-0.39, 0.29) is 0 Å². The van der Waals surface area contributed by atoms with Crippen molar-refractivity contribution in [3.8, 4) is 0 Å². The van der Waals surface area contributed by atoms with Crippen molar-refractivity contribution in [2.75, 3.05) is 0 Å². The minimum absolute atomic E-state index is 0.652. The molecule has 18 heavy (non-hydrogen) atoms. The van der Waals surface area contributed by atoms with Crippen LogP contribution in [0.4, 0.5) is 0 Å². The second-order valence-corrected chi connectivity index (χ2v) is 5.96. The maximum Gasteiger partial charge on any atom is 0.0847 e. The fraction of sp³-hybridized carbons (Fsp3) is 0.500. The Kier molecular flexibility index (Phi) is 2.70. The van der Waals surface area contributed by atoms with Crippen LogP contribution < -0.4 is 0 Å². The number of hydrogen-bond acceptors (Lipinski definition) is 1. The van der Waals surface area contributed by atoms with Crippen molar-refractivity contribution in [2.45, 2.75) is 51.2 Å². The summed E-state index contributed by atoms with van der Waals surface area (Å²) in [5.74, 6) is 0. The molecule has 96 valence electrons. The first-order valence-electron chi connectivity index (χ1n) is 6.90. The van der Waals surface area contributed by atoms with Crippen molar-refractivity contribution in [3.05, 3.63) is 36.0 Å². The molecule has 1 N–H and O–H groups in total. The highest BCUT2D eigenvalue weighted by Gasteiger charge is 2.22. The van der Waals surface area contributed by atoms with Gasteiger partial charge in [0.15, 0.2) is 0 Å². The van der Waals surface area contributed by atoms with Crippen LogP contribution in [0.2, 0.25) is 0 Å². The molecular formula is C16H21NO. The molecule has 0 spiro atoms. The molecular weight excluding hydrogens is 222 g/mol. The Balaban J connectivity index is 2.14. The summed E-state index contributed by atoms with van der Waals surface area (Å²) in [5.41, 5.74) is 1.51.